The molecule has 0 spiro atoms. The highest BCUT2D eigenvalue weighted by Gasteiger charge is 2.59. The highest BCUT2D eigenvalue weighted by Crippen LogP contribution is 2.67. The van der Waals surface area contributed by atoms with Crippen LogP contribution in [0.15, 0.2) is 11.6 Å². The van der Waals surface area contributed by atoms with Crippen LogP contribution in [0.1, 0.15) is 118 Å². The predicted molar refractivity (Wildman–Crippen MR) is 183 cm³/mol. The van der Waals surface area contributed by atoms with Gasteiger partial charge in [0.2, 0.25) is 0 Å². The van der Waals surface area contributed by atoms with Crippen molar-refractivity contribution in [2.75, 3.05) is 47.5 Å². The van der Waals surface area contributed by atoms with Gasteiger partial charge in [-0.15, -0.1) is 0 Å². The number of unbranched alkanes of at least 4 members (excludes halogenated alkanes) is 1. The van der Waals surface area contributed by atoms with E-state index >= 15 is 0 Å². The van der Waals surface area contributed by atoms with Crippen LogP contribution >= 0.6 is 7.82 Å². The molecule has 0 bridgehead atoms. The molecule has 0 radical (unpaired) electrons. The van der Waals surface area contributed by atoms with E-state index in [9.17, 15) is 14.3 Å². The lowest BCUT2D eigenvalue weighted by Crippen LogP contribution is -2.51. The van der Waals surface area contributed by atoms with Crippen LogP contribution in [0.3, 0.4) is 0 Å². The largest absolute Gasteiger partial charge is 0.508 e. The van der Waals surface area contributed by atoms with Gasteiger partial charge in [0.05, 0.1) is 34.4 Å². The molecule has 0 aliphatic heterocycles. The lowest BCUT2D eigenvalue weighted by atomic mass is 9.47. The van der Waals surface area contributed by atoms with E-state index in [2.05, 4.69) is 40.7 Å². The van der Waals surface area contributed by atoms with Crippen molar-refractivity contribution in [3.63, 3.8) is 0 Å². The minimum Gasteiger partial charge on any atom is -0.434 e. The molecular formula is C37H67NO7P+. The van der Waals surface area contributed by atoms with E-state index in [4.69, 9.17) is 18.5 Å². The third-order valence-corrected chi connectivity index (χ3v) is 13.6. The van der Waals surface area contributed by atoms with Gasteiger partial charge in [-0.05, 0) is 104 Å². The van der Waals surface area contributed by atoms with E-state index in [1.54, 1.807) is 0 Å². The zero-order chi connectivity index (χ0) is 33.8. The molecule has 0 aromatic heterocycles. The number of phosphoric acid groups is 1. The molecule has 9 heteroatoms. The topological polar surface area (TPSA) is 91.3 Å². The smallest absolute Gasteiger partial charge is 0.434 e. The molecule has 0 aromatic rings. The van der Waals surface area contributed by atoms with Gasteiger partial charge in [0.15, 0.2) is 0 Å². The number of fused-ring (bicyclic) bond motifs is 5. The summed E-state index contributed by atoms with van der Waals surface area (Å²) in [6.45, 7) is 13.4. The molecule has 0 saturated heterocycles. The number of likely N-dealkylation sites (N-methyl/N-ethyl adjacent to an activating group) is 1. The van der Waals surface area contributed by atoms with Gasteiger partial charge in [0.25, 0.3) is 0 Å². The number of carbonyl (C=O) groups is 1. The Morgan fingerprint density at radius 3 is 2.39 bits per heavy atom. The summed E-state index contributed by atoms with van der Waals surface area (Å²) in [4.78, 5) is 22.3. The zero-order valence-electron chi connectivity index (χ0n) is 30.4. The molecule has 8 nitrogen and oxygen atoms in total. The van der Waals surface area contributed by atoms with Gasteiger partial charge in [0.1, 0.15) is 19.3 Å². The summed E-state index contributed by atoms with van der Waals surface area (Å²) in [6, 6.07) is 0. The minimum atomic E-state index is -4.07. The maximum absolute atomic E-state index is 12.5. The third kappa shape index (κ3) is 9.61. The number of hydrogen-bond acceptors (Lipinski definition) is 6. The fourth-order valence-corrected chi connectivity index (χ4v) is 10.7. The first-order chi connectivity index (χ1) is 21.5. The van der Waals surface area contributed by atoms with Crippen LogP contribution in [0, 0.1) is 46.3 Å². The Morgan fingerprint density at radius 1 is 0.957 bits per heavy atom. The first kappa shape index (κ1) is 37.9. The van der Waals surface area contributed by atoms with Gasteiger partial charge in [-0.25, -0.2) is 9.36 Å². The number of nitrogens with zero attached hydrogens (tertiary/aromatic N) is 1. The number of ether oxygens (including phenoxy) is 2. The Hall–Kier alpha value is -0.920. The quantitative estimate of drug-likeness (QED) is 0.0577. The van der Waals surface area contributed by atoms with Crippen molar-refractivity contribution in [3.05, 3.63) is 11.6 Å². The number of quaternary nitrogens is 1. The van der Waals surface area contributed by atoms with Crippen molar-refractivity contribution in [1.82, 2.24) is 0 Å². The summed E-state index contributed by atoms with van der Waals surface area (Å²) in [5, 5.41) is 0. The zero-order valence-corrected chi connectivity index (χ0v) is 31.3. The molecule has 3 fully saturated rings. The van der Waals surface area contributed by atoms with Crippen molar-refractivity contribution < 1.29 is 37.3 Å². The maximum Gasteiger partial charge on any atom is 0.508 e. The molecule has 1 N–H and O–H groups in total. The molecule has 3 saturated carbocycles. The van der Waals surface area contributed by atoms with Gasteiger partial charge in [0, 0.05) is 6.42 Å². The lowest BCUT2D eigenvalue weighted by molar-refractivity contribution is -0.870. The standard InChI is InChI=1S/C37H66NO7P/c1-27(2)12-11-13-28(3)32-16-17-33-31-15-14-29-26-30(18-20-36(29,4)34(31)19-21-37(32,33)5)45-35(39)42-23-9-10-24-43-46(40,41)44-25-22-38(6,7)8/h14,27-28,30-34H,9-13,15-26H2,1-8H3/p+1/t28-,30+,31+,32-,33+,34+,36+,37-/m1/s1. The first-order valence-electron chi connectivity index (χ1n) is 18.5. The molecule has 4 aliphatic carbocycles. The average Bonchev–Trinajstić information content (AvgIpc) is 3.31. The fraction of sp³-hybridized carbons (Fsp3) is 0.919. The van der Waals surface area contributed by atoms with Gasteiger partial charge >= 0.3 is 14.0 Å². The van der Waals surface area contributed by atoms with E-state index in [0.717, 1.165) is 54.8 Å². The Labute approximate surface area is 280 Å². The summed E-state index contributed by atoms with van der Waals surface area (Å²) in [7, 11) is 1.88. The van der Waals surface area contributed by atoms with Crippen LogP contribution in [0.25, 0.3) is 0 Å². The van der Waals surface area contributed by atoms with E-state index in [1.807, 2.05) is 21.1 Å². The van der Waals surface area contributed by atoms with E-state index < -0.39 is 14.0 Å². The van der Waals surface area contributed by atoms with Crippen LogP contribution in [0.4, 0.5) is 4.79 Å². The van der Waals surface area contributed by atoms with Crippen molar-refractivity contribution >= 4 is 14.0 Å². The number of allylic oxidation sites excluding steroid dienone is 1. The van der Waals surface area contributed by atoms with Crippen LogP contribution in [-0.4, -0.2) is 69.1 Å². The molecular weight excluding hydrogens is 601 g/mol. The van der Waals surface area contributed by atoms with Crippen molar-refractivity contribution in [1.29, 1.82) is 0 Å². The second-order valence-electron chi connectivity index (χ2n) is 17.2. The van der Waals surface area contributed by atoms with E-state index in [1.165, 1.54) is 56.9 Å². The SMILES string of the molecule is CC(C)CCC[C@@H](C)[C@H]1CC[C@H]2[C@@H]3CC=C4C[C@@H](OC(=O)OCCCCOP(=O)(O)OCC[N+](C)(C)C)CC[C@]4(C)[C@H]3CC[C@]12C. The van der Waals surface area contributed by atoms with Gasteiger partial charge in [-0.2, -0.15) is 0 Å². The van der Waals surface area contributed by atoms with Crippen molar-refractivity contribution in [3.8, 4) is 0 Å². The summed E-state index contributed by atoms with van der Waals surface area (Å²) in [6.07, 6.45) is 16.4. The first-order valence-corrected chi connectivity index (χ1v) is 20.0. The summed E-state index contributed by atoms with van der Waals surface area (Å²) >= 11 is 0. The number of rotatable bonds is 16. The Bertz CT molecular complexity index is 1090. The predicted octanol–water partition coefficient (Wildman–Crippen LogP) is 9.17. The molecule has 0 aromatic carbocycles. The normalized spacial score (nSPS) is 34.6. The van der Waals surface area contributed by atoms with Crippen LogP contribution in [0.2, 0.25) is 0 Å². The molecule has 4 rings (SSSR count). The molecule has 266 valence electrons. The molecule has 0 amide bonds. The summed E-state index contributed by atoms with van der Waals surface area (Å²) in [5.41, 5.74) is 2.22. The molecule has 9 atom stereocenters. The lowest BCUT2D eigenvalue weighted by Gasteiger charge is -2.58. The van der Waals surface area contributed by atoms with Crippen LogP contribution < -0.4 is 0 Å². The Morgan fingerprint density at radius 2 is 1.67 bits per heavy atom. The molecule has 0 heterocycles. The highest BCUT2D eigenvalue weighted by molar-refractivity contribution is 7.47. The molecule has 46 heavy (non-hydrogen) atoms. The minimum absolute atomic E-state index is 0.0616. The van der Waals surface area contributed by atoms with Gasteiger partial charge in [-0.1, -0.05) is 65.5 Å². The van der Waals surface area contributed by atoms with Crippen LogP contribution in [-0.2, 0) is 23.1 Å². The monoisotopic (exact) mass is 668 g/mol. The number of carbonyl (C=O) groups excluding carboxylic acids is 1. The average molecular weight is 669 g/mol. The van der Waals surface area contributed by atoms with Gasteiger partial charge in [-0.3, -0.25) is 9.05 Å². The van der Waals surface area contributed by atoms with E-state index in [0.29, 0.717) is 29.3 Å². The van der Waals surface area contributed by atoms with Crippen molar-refractivity contribution in [2.45, 2.75) is 124 Å². The second kappa shape index (κ2) is 15.7. The molecule has 4 aliphatic rings. The number of phosphoric ester groups is 1. The molecule has 1 unspecified atom stereocenters. The number of hydrogen-bond donors (Lipinski definition) is 1. The Balaban J connectivity index is 1.19. The van der Waals surface area contributed by atoms with Gasteiger partial charge < -0.3 is 18.9 Å². The summed E-state index contributed by atoms with van der Waals surface area (Å²) in [5.74, 6) is 4.89. The highest BCUT2D eigenvalue weighted by atomic mass is 31.2. The maximum atomic E-state index is 12.5. The third-order valence-electron chi connectivity index (χ3n) is 12.6. The van der Waals surface area contributed by atoms with Crippen LogP contribution in [0.5, 0.6) is 0 Å². The second-order valence-corrected chi connectivity index (χ2v) is 18.7. The van der Waals surface area contributed by atoms with E-state index in [-0.39, 0.29) is 31.3 Å². The van der Waals surface area contributed by atoms with Crippen molar-refractivity contribution in [2.24, 2.45) is 46.3 Å². The summed E-state index contributed by atoms with van der Waals surface area (Å²) < 4.78 is 33.8. The Kier molecular flexibility index (Phi) is 13.0. The fourth-order valence-electron chi connectivity index (χ4n) is 9.93.